The molecule has 0 spiro atoms. The molecule has 1 heterocycles. The molecule has 1 aromatic heterocycles. The lowest BCUT2D eigenvalue weighted by molar-refractivity contribution is -0.144. The summed E-state index contributed by atoms with van der Waals surface area (Å²) >= 11 is 0. The fourth-order valence-electron chi connectivity index (χ4n) is 2.99. The van der Waals surface area contributed by atoms with Crippen LogP contribution < -0.4 is 5.32 Å². The zero-order valence-electron chi connectivity index (χ0n) is 17.8. The topological polar surface area (TPSA) is 73.2 Å². The maximum absolute atomic E-state index is 12.1. The van der Waals surface area contributed by atoms with Gasteiger partial charge in [0.15, 0.2) is 6.61 Å². The number of hydrogen-bond acceptors (Lipinski definition) is 4. The van der Waals surface area contributed by atoms with E-state index >= 15 is 0 Å². The summed E-state index contributed by atoms with van der Waals surface area (Å²) in [6.45, 7) is 4.20. The van der Waals surface area contributed by atoms with Crippen LogP contribution in [0, 0.1) is 0 Å². The number of aromatic nitrogens is 2. The molecule has 1 unspecified atom stereocenters. The van der Waals surface area contributed by atoms with Crippen molar-refractivity contribution in [1.29, 1.82) is 0 Å². The predicted octanol–water partition coefficient (Wildman–Crippen LogP) is 4.07. The number of hydrogen-bond donors (Lipinski definition) is 1. The minimum Gasteiger partial charge on any atom is -0.452 e. The van der Waals surface area contributed by atoms with Gasteiger partial charge in [-0.15, -0.1) is 0 Å². The number of amides is 1. The van der Waals surface area contributed by atoms with Gasteiger partial charge in [-0.25, -0.2) is 4.79 Å². The third kappa shape index (κ3) is 6.67. The van der Waals surface area contributed by atoms with Gasteiger partial charge in [0.05, 0.1) is 12.2 Å². The molecule has 0 saturated heterocycles. The average molecular weight is 418 g/mol. The van der Waals surface area contributed by atoms with Crippen molar-refractivity contribution in [1.82, 2.24) is 15.1 Å². The summed E-state index contributed by atoms with van der Waals surface area (Å²) in [4.78, 5) is 23.9. The Bertz CT molecular complexity index is 1030. The van der Waals surface area contributed by atoms with E-state index < -0.39 is 5.97 Å². The van der Waals surface area contributed by atoms with Crippen molar-refractivity contribution in [3.63, 3.8) is 0 Å². The molecule has 1 N–H and O–H groups in total. The molecule has 0 aliphatic heterocycles. The van der Waals surface area contributed by atoms with Gasteiger partial charge in [-0.05, 0) is 25.0 Å². The van der Waals surface area contributed by atoms with Gasteiger partial charge in [0, 0.05) is 29.4 Å². The quantitative estimate of drug-likeness (QED) is 0.421. The molecule has 160 valence electrons. The van der Waals surface area contributed by atoms with Gasteiger partial charge < -0.3 is 10.1 Å². The highest BCUT2D eigenvalue weighted by atomic mass is 16.5. The first-order chi connectivity index (χ1) is 15.0. The molecular formula is C25H27N3O3. The Kier molecular flexibility index (Phi) is 7.76. The number of rotatable bonds is 9. The van der Waals surface area contributed by atoms with Crippen LogP contribution in [0.25, 0.3) is 17.3 Å². The Morgan fingerprint density at radius 2 is 1.77 bits per heavy atom. The number of carbonyl (C=O) groups excluding carboxylic acids is 2. The predicted molar refractivity (Wildman–Crippen MR) is 121 cm³/mol. The third-order valence-electron chi connectivity index (χ3n) is 4.79. The van der Waals surface area contributed by atoms with E-state index in [9.17, 15) is 9.59 Å². The molecule has 2 aromatic carbocycles. The zero-order chi connectivity index (χ0) is 22.1. The van der Waals surface area contributed by atoms with Crippen molar-refractivity contribution >= 4 is 18.0 Å². The second-order valence-electron chi connectivity index (χ2n) is 7.30. The van der Waals surface area contributed by atoms with E-state index in [4.69, 9.17) is 9.84 Å². The maximum Gasteiger partial charge on any atom is 0.331 e. The van der Waals surface area contributed by atoms with Gasteiger partial charge in [0.1, 0.15) is 0 Å². The summed E-state index contributed by atoms with van der Waals surface area (Å²) in [5.41, 5.74) is 3.65. The van der Waals surface area contributed by atoms with Crippen LogP contribution in [-0.2, 0) is 20.9 Å². The van der Waals surface area contributed by atoms with Gasteiger partial charge in [-0.2, -0.15) is 5.10 Å². The van der Waals surface area contributed by atoms with E-state index in [0.29, 0.717) is 6.54 Å². The molecule has 0 fully saturated rings. The average Bonchev–Trinajstić information content (AvgIpc) is 3.20. The molecule has 0 saturated carbocycles. The molecule has 31 heavy (non-hydrogen) atoms. The fraction of sp³-hybridized carbons (Fsp3) is 0.240. The maximum atomic E-state index is 12.1. The van der Waals surface area contributed by atoms with E-state index in [2.05, 4.69) is 5.32 Å². The molecule has 0 bridgehead atoms. The summed E-state index contributed by atoms with van der Waals surface area (Å²) in [6.07, 6.45) is 5.71. The first-order valence-corrected chi connectivity index (χ1v) is 10.4. The number of benzene rings is 2. The van der Waals surface area contributed by atoms with Gasteiger partial charge in [-0.3, -0.25) is 9.48 Å². The minimum absolute atomic E-state index is 0.0469. The highest BCUT2D eigenvalue weighted by Gasteiger charge is 2.11. The van der Waals surface area contributed by atoms with Crippen LogP contribution in [0.3, 0.4) is 0 Å². The van der Waals surface area contributed by atoms with E-state index in [-0.39, 0.29) is 18.6 Å². The first-order valence-electron chi connectivity index (χ1n) is 10.4. The van der Waals surface area contributed by atoms with Gasteiger partial charge >= 0.3 is 5.97 Å². The first kappa shape index (κ1) is 22.0. The SMILES string of the molecule is CCC(C)NC(=O)COC(=O)/C=C/c1cn(Cc2ccccc2)nc1-c1ccccc1. The highest BCUT2D eigenvalue weighted by Crippen LogP contribution is 2.23. The Labute approximate surface area is 182 Å². The van der Waals surface area contributed by atoms with Crippen LogP contribution in [0.2, 0.25) is 0 Å². The number of esters is 1. The van der Waals surface area contributed by atoms with Crippen LogP contribution in [0.5, 0.6) is 0 Å². The standard InChI is InChI=1S/C25H27N3O3/c1-3-19(2)26-23(29)18-31-24(30)15-14-22-17-28(16-20-10-6-4-7-11-20)27-25(22)21-12-8-5-9-13-21/h4-15,17,19H,3,16,18H2,1-2H3,(H,26,29)/b15-14+. The van der Waals surface area contributed by atoms with Crippen LogP contribution in [-0.4, -0.2) is 34.3 Å². The molecule has 6 nitrogen and oxygen atoms in total. The van der Waals surface area contributed by atoms with Gasteiger partial charge in [0.25, 0.3) is 5.91 Å². The Morgan fingerprint density at radius 3 is 2.45 bits per heavy atom. The van der Waals surface area contributed by atoms with Crippen LogP contribution in [0.1, 0.15) is 31.4 Å². The van der Waals surface area contributed by atoms with E-state index in [0.717, 1.165) is 28.8 Å². The molecule has 1 atom stereocenters. The second kappa shape index (κ2) is 10.9. The van der Waals surface area contributed by atoms with Crippen molar-refractivity contribution in [3.05, 3.63) is 84.1 Å². The van der Waals surface area contributed by atoms with Crippen molar-refractivity contribution in [2.75, 3.05) is 6.61 Å². The Hall–Kier alpha value is -3.67. The molecular weight excluding hydrogens is 390 g/mol. The van der Waals surface area contributed by atoms with E-state index in [1.165, 1.54) is 6.08 Å². The van der Waals surface area contributed by atoms with Crippen LogP contribution >= 0.6 is 0 Å². The Balaban J connectivity index is 1.72. The lowest BCUT2D eigenvalue weighted by Gasteiger charge is -2.10. The van der Waals surface area contributed by atoms with Crippen molar-refractivity contribution in [2.24, 2.45) is 0 Å². The van der Waals surface area contributed by atoms with Crippen molar-refractivity contribution in [3.8, 4) is 11.3 Å². The van der Waals surface area contributed by atoms with E-state index in [1.807, 2.05) is 85.4 Å². The molecule has 1 amide bonds. The summed E-state index contributed by atoms with van der Waals surface area (Å²) in [5, 5.41) is 7.48. The van der Waals surface area contributed by atoms with Crippen LogP contribution in [0.15, 0.2) is 72.9 Å². The molecule has 3 rings (SSSR count). The molecule has 3 aromatic rings. The van der Waals surface area contributed by atoms with Gasteiger partial charge in [-0.1, -0.05) is 67.6 Å². The molecule has 0 radical (unpaired) electrons. The van der Waals surface area contributed by atoms with E-state index in [1.54, 1.807) is 6.08 Å². The van der Waals surface area contributed by atoms with Crippen molar-refractivity contribution < 1.29 is 14.3 Å². The monoisotopic (exact) mass is 417 g/mol. The molecule has 6 heteroatoms. The largest absolute Gasteiger partial charge is 0.452 e. The smallest absolute Gasteiger partial charge is 0.331 e. The Morgan fingerprint density at radius 1 is 1.10 bits per heavy atom. The summed E-state index contributed by atoms with van der Waals surface area (Å²) < 4.78 is 6.90. The minimum atomic E-state index is -0.575. The number of nitrogens with zero attached hydrogens (tertiary/aromatic N) is 2. The third-order valence-corrected chi connectivity index (χ3v) is 4.79. The number of nitrogens with one attached hydrogen (secondary N) is 1. The van der Waals surface area contributed by atoms with Gasteiger partial charge in [0.2, 0.25) is 0 Å². The lowest BCUT2D eigenvalue weighted by Crippen LogP contribution is -2.35. The molecule has 0 aliphatic carbocycles. The lowest BCUT2D eigenvalue weighted by atomic mass is 10.1. The second-order valence-corrected chi connectivity index (χ2v) is 7.30. The van der Waals surface area contributed by atoms with Crippen molar-refractivity contribution in [2.45, 2.75) is 32.9 Å². The number of carbonyl (C=O) groups is 2. The molecule has 0 aliphatic rings. The van der Waals surface area contributed by atoms with Crippen LogP contribution in [0.4, 0.5) is 0 Å². The fourth-order valence-corrected chi connectivity index (χ4v) is 2.99. The normalized spacial score (nSPS) is 11.9. The summed E-state index contributed by atoms with van der Waals surface area (Å²) in [7, 11) is 0. The summed E-state index contributed by atoms with van der Waals surface area (Å²) in [6, 6.07) is 19.9. The summed E-state index contributed by atoms with van der Waals surface area (Å²) in [5.74, 6) is -0.883. The zero-order valence-corrected chi connectivity index (χ0v) is 17.8. The highest BCUT2D eigenvalue weighted by molar-refractivity contribution is 5.90. The number of ether oxygens (including phenoxy) is 1.